The monoisotopic (exact) mass is 936 g/mol. The number of aryl methyl sites for hydroxylation is 6. The van der Waals surface area contributed by atoms with Gasteiger partial charge in [0.1, 0.15) is 0 Å². The van der Waals surface area contributed by atoms with Crippen LogP contribution in [0.3, 0.4) is 0 Å². The van der Waals surface area contributed by atoms with Gasteiger partial charge in [-0.25, -0.2) is 30.5 Å². The molecule has 0 radical (unpaired) electrons. The molecule has 4 unspecified atom stereocenters. The van der Waals surface area contributed by atoms with Gasteiger partial charge in [0.05, 0.1) is 45.6 Å². The van der Waals surface area contributed by atoms with Gasteiger partial charge in [-0.3, -0.25) is 18.0 Å². The molecule has 0 saturated heterocycles. The molecular weight excluding hydrogens is 885 g/mol. The Morgan fingerprint density at radius 3 is 1.26 bits per heavy atom. The number of benzene rings is 4. The maximum absolute atomic E-state index is 14.5. The van der Waals surface area contributed by atoms with Crippen molar-refractivity contribution in [2.45, 2.75) is 87.5 Å². The van der Waals surface area contributed by atoms with Gasteiger partial charge in [-0.2, -0.15) is 0 Å². The van der Waals surface area contributed by atoms with Crippen LogP contribution in [0.25, 0.3) is 0 Å². The van der Waals surface area contributed by atoms with Gasteiger partial charge < -0.3 is 29.0 Å². The highest BCUT2D eigenvalue weighted by Crippen LogP contribution is 2.34. The molecule has 0 amide bonds. The summed E-state index contributed by atoms with van der Waals surface area (Å²) in [5.74, 6) is -6.38. The number of hydrogen-bond donors (Lipinski definition) is 4. The van der Waals surface area contributed by atoms with E-state index in [1.165, 1.54) is 97.1 Å². The summed E-state index contributed by atoms with van der Waals surface area (Å²) in [6.45, 7) is 9.12. The number of imidazole rings is 2. The maximum Gasteiger partial charge on any atom is 0.375 e. The van der Waals surface area contributed by atoms with Gasteiger partial charge in [0, 0.05) is 82.1 Å². The number of carbonyl (C=O) groups is 4. The number of hydrogen-bond acceptors (Lipinski definition) is 14. The predicted octanol–water partition coefficient (Wildman–Crippen LogP) is 5.89. The third-order valence-corrected chi connectivity index (χ3v) is 13.5. The van der Waals surface area contributed by atoms with Crippen LogP contribution in [-0.2, 0) is 66.8 Å². The summed E-state index contributed by atoms with van der Waals surface area (Å²) in [4.78, 5) is 77.2. The van der Waals surface area contributed by atoms with Crippen LogP contribution >= 0.6 is 0 Å². The Balaban J connectivity index is 1.24. The third kappa shape index (κ3) is 11.1. The number of carbonyl (C=O) groups excluding carboxylic acids is 4. The first-order valence-electron chi connectivity index (χ1n) is 21.3. The molecule has 346 valence electrons. The van der Waals surface area contributed by atoms with Crippen molar-refractivity contribution in [2.75, 3.05) is 22.5 Å². The predicted molar refractivity (Wildman–Crippen MR) is 248 cm³/mol. The minimum absolute atomic E-state index is 0.0837. The smallest absolute Gasteiger partial charge is 0.368 e. The number of nitrogens with one attached hydrogen (secondary N) is 2. The van der Waals surface area contributed by atoms with Gasteiger partial charge in [0.25, 0.3) is 11.2 Å². The average Bonchev–Trinajstić information content (AvgIpc) is 3.99. The number of nitrogens with zero attached hydrogens (tertiary/aromatic N) is 4. The lowest BCUT2D eigenvalue weighted by Crippen LogP contribution is -2.72. The van der Waals surface area contributed by atoms with Crippen LogP contribution in [0, 0.1) is 13.8 Å². The maximum atomic E-state index is 14.5. The molecule has 0 fully saturated rings. The molecule has 0 aliphatic rings. The zero-order valence-electron chi connectivity index (χ0n) is 37.0. The summed E-state index contributed by atoms with van der Waals surface area (Å²) < 4.78 is 30.4. The normalized spacial score (nSPS) is 14.0. The summed E-state index contributed by atoms with van der Waals surface area (Å²) in [7, 11) is -2.84. The molecule has 4 aromatic carbocycles. The van der Waals surface area contributed by atoms with Crippen LogP contribution in [0.4, 0.5) is 11.4 Å². The molecule has 4 N–H and O–H groups in total. The van der Waals surface area contributed by atoms with E-state index in [1.54, 1.807) is 38.9 Å². The fraction of sp³-hybridized carbons (Fsp3) is 0.292. The molecule has 4 atom stereocenters. The molecule has 16 nitrogen and oxygen atoms in total. The summed E-state index contributed by atoms with van der Waals surface area (Å²) >= 11 is 0. The molecule has 2 aromatic heterocycles. The van der Waals surface area contributed by atoms with Crippen molar-refractivity contribution >= 4 is 56.5 Å². The van der Waals surface area contributed by atoms with Crippen molar-refractivity contribution in [3.63, 3.8) is 0 Å². The quantitative estimate of drug-likeness (QED) is 0.0335. The summed E-state index contributed by atoms with van der Waals surface area (Å²) in [5.41, 5.74) is -0.638. The van der Waals surface area contributed by atoms with E-state index >= 15 is 0 Å². The van der Waals surface area contributed by atoms with E-state index in [2.05, 4.69) is 34.8 Å². The number of ketones is 2. The minimum Gasteiger partial charge on any atom is -0.368 e. The highest BCUT2D eigenvalue weighted by atomic mass is 32.2. The average molecular weight is 937 g/mol. The van der Waals surface area contributed by atoms with E-state index in [1.807, 2.05) is 9.13 Å². The van der Waals surface area contributed by atoms with Crippen LogP contribution < -0.4 is 11.0 Å². The molecule has 0 bridgehead atoms. The molecule has 0 spiro atoms. The first-order chi connectivity index (χ1) is 31.7. The SMILES string of the molecule is CCCn1cncc1CCS(=O)c1ccc(NOC(=O)C(O)(C(=O)c2ccc(C)cc2)C(O)(C(=O)ONc2ccc(S(=O)CCc3cncn3CCC)cc2)C(=O)c2ccc(C)cc2)cc1. The topological polar surface area (TPSA) is 221 Å². The van der Waals surface area contributed by atoms with Crippen LogP contribution in [0.2, 0.25) is 0 Å². The van der Waals surface area contributed by atoms with Gasteiger partial charge in [-0.05, 0) is 75.2 Å². The molecule has 18 heteroatoms. The van der Waals surface area contributed by atoms with Crippen LogP contribution in [0.15, 0.2) is 132 Å². The van der Waals surface area contributed by atoms with Crippen LogP contribution in [-0.4, -0.2) is 83.9 Å². The molecular formula is C48H52N6O10S2. The Morgan fingerprint density at radius 2 is 0.924 bits per heavy atom. The Morgan fingerprint density at radius 1 is 0.576 bits per heavy atom. The molecule has 0 aliphatic heterocycles. The molecule has 2 heterocycles. The van der Waals surface area contributed by atoms with Gasteiger partial charge in [0.15, 0.2) is 0 Å². The van der Waals surface area contributed by atoms with E-state index in [4.69, 9.17) is 9.68 Å². The molecule has 66 heavy (non-hydrogen) atoms. The van der Waals surface area contributed by atoms with Crippen molar-refractivity contribution < 1.29 is 47.5 Å². The van der Waals surface area contributed by atoms with E-state index in [-0.39, 0.29) is 22.5 Å². The second kappa shape index (κ2) is 22.1. The number of rotatable bonds is 23. The number of aliphatic hydroxyl groups is 2. The Hall–Kier alpha value is -6.60. The van der Waals surface area contributed by atoms with E-state index in [0.29, 0.717) is 45.3 Å². The van der Waals surface area contributed by atoms with Crippen molar-refractivity contribution in [1.29, 1.82) is 0 Å². The number of anilines is 2. The van der Waals surface area contributed by atoms with Crippen molar-refractivity contribution in [3.8, 4) is 0 Å². The second-order valence-corrected chi connectivity index (χ2v) is 18.7. The number of Topliss-reactive ketones (excluding diaryl/α,β-unsaturated/α-hetero) is 2. The van der Waals surface area contributed by atoms with Crippen molar-refractivity contribution in [3.05, 3.63) is 156 Å². The second-order valence-electron chi connectivity index (χ2n) is 15.6. The van der Waals surface area contributed by atoms with Gasteiger partial charge in [-0.1, -0.05) is 73.5 Å². The van der Waals surface area contributed by atoms with Crippen molar-refractivity contribution in [1.82, 2.24) is 19.1 Å². The zero-order chi connectivity index (χ0) is 47.4. The van der Waals surface area contributed by atoms with E-state index in [0.717, 1.165) is 37.3 Å². The molecule has 6 aromatic rings. The first-order valence-corrected chi connectivity index (χ1v) is 23.9. The van der Waals surface area contributed by atoms with Crippen LogP contribution in [0.5, 0.6) is 0 Å². The molecule has 6 rings (SSSR count). The molecule has 0 saturated carbocycles. The third-order valence-electron chi connectivity index (χ3n) is 10.8. The fourth-order valence-corrected chi connectivity index (χ4v) is 9.11. The summed E-state index contributed by atoms with van der Waals surface area (Å²) in [6, 6.07) is 22.7. The van der Waals surface area contributed by atoms with Crippen LogP contribution in [0.1, 0.15) is 69.9 Å². The van der Waals surface area contributed by atoms with E-state index < -0.39 is 56.3 Å². The first kappa shape index (κ1) is 48.8. The molecule has 0 aliphatic carbocycles. The Kier molecular flexibility index (Phi) is 16.3. The van der Waals surface area contributed by atoms with Crippen molar-refractivity contribution in [2.24, 2.45) is 0 Å². The number of aromatic nitrogens is 4. The highest BCUT2D eigenvalue weighted by Gasteiger charge is 2.71. The standard InChI is InChI=1S/C48H52N6O10S2/c1-5-25-53-31-49-29-39(53)23-27-65(61)41-19-15-37(16-20-41)51-63-45(57)47(59,43(55)35-11-7-33(3)8-12-35)48(60,44(56)36-13-9-34(4)10-14-36)46(58)64-52-38-17-21-42(22-18-38)66(62)28-24-40-30-50-32-54(40)26-6-2/h7-22,29-32,51-52,59-60H,5-6,23-28H2,1-4H3. The fourth-order valence-electron chi connectivity index (χ4n) is 6.97. The minimum atomic E-state index is -3.99. The lowest BCUT2D eigenvalue weighted by molar-refractivity contribution is -0.191. The van der Waals surface area contributed by atoms with Gasteiger partial charge >= 0.3 is 11.9 Å². The van der Waals surface area contributed by atoms with Gasteiger partial charge in [-0.15, -0.1) is 0 Å². The lowest BCUT2D eigenvalue weighted by Gasteiger charge is -2.36. The lowest BCUT2D eigenvalue weighted by atomic mass is 9.73. The van der Waals surface area contributed by atoms with E-state index in [9.17, 15) is 37.8 Å². The summed E-state index contributed by atoms with van der Waals surface area (Å²) in [5, 5.41) is 24.9. The Labute approximate surface area is 387 Å². The zero-order valence-corrected chi connectivity index (χ0v) is 38.6. The Bertz CT molecular complexity index is 2500. The highest BCUT2D eigenvalue weighted by molar-refractivity contribution is 7.85. The largest absolute Gasteiger partial charge is 0.375 e. The summed E-state index contributed by atoms with van der Waals surface area (Å²) in [6.07, 6.45) is 9.82. The van der Waals surface area contributed by atoms with Gasteiger partial charge in [0.2, 0.25) is 11.6 Å².